The number of ether oxygens (including phenoxy) is 1. The van der Waals surface area contributed by atoms with E-state index < -0.39 is 0 Å². The summed E-state index contributed by atoms with van der Waals surface area (Å²) in [5.74, 6) is 2.08. The zero-order valence-corrected chi connectivity index (χ0v) is 17.6. The van der Waals surface area contributed by atoms with Crippen molar-refractivity contribution >= 4 is 17.6 Å². The third-order valence-electron chi connectivity index (χ3n) is 5.89. The van der Waals surface area contributed by atoms with Crippen molar-refractivity contribution in [1.82, 2.24) is 19.8 Å². The van der Waals surface area contributed by atoms with E-state index in [2.05, 4.69) is 5.32 Å². The van der Waals surface area contributed by atoms with E-state index in [1.807, 2.05) is 24.1 Å². The highest BCUT2D eigenvalue weighted by Crippen LogP contribution is 2.34. The third-order valence-corrected chi connectivity index (χ3v) is 5.89. The van der Waals surface area contributed by atoms with Gasteiger partial charge < -0.3 is 19.9 Å². The van der Waals surface area contributed by atoms with E-state index in [0.29, 0.717) is 36.8 Å². The normalized spacial score (nSPS) is 18.2. The number of carbonyl (C=O) groups is 2. The number of methoxy groups -OCH3 is 1. The molecule has 2 aliphatic rings. The van der Waals surface area contributed by atoms with Crippen LogP contribution >= 0.6 is 0 Å². The lowest BCUT2D eigenvalue weighted by Gasteiger charge is -2.30. The molecule has 1 aromatic heterocycles. The standard InChI is InChI=1S/C22H27N5O3/c1-14(28)26-11-9-17-18(13-26)24-21(25-20(17)23-2)19-8-5-10-27(19)22(29)15-6-4-7-16(12-15)30-3/h4,6-7,12,19H,5,8-11,13H2,1-3H3,(H,23,24,25)/t19-/m1/s1. The summed E-state index contributed by atoms with van der Waals surface area (Å²) in [4.78, 5) is 38.3. The van der Waals surface area contributed by atoms with Gasteiger partial charge in [-0.15, -0.1) is 0 Å². The Morgan fingerprint density at radius 2 is 2.07 bits per heavy atom. The fourth-order valence-electron chi connectivity index (χ4n) is 4.27. The minimum absolute atomic E-state index is 0.0440. The van der Waals surface area contributed by atoms with E-state index in [0.717, 1.165) is 36.3 Å². The molecule has 2 aromatic rings. The van der Waals surface area contributed by atoms with Crippen LogP contribution in [0.2, 0.25) is 0 Å². The maximum atomic E-state index is 13.2. The predicted octanol–water partition coefficient (Wildman–Crippen LogP) is 2.41. The molecule has 30 heavy (non-hydrogen) atoms. The first-order chi connectivity index (χ1) is 14.5. The largest absolute Gasteiger partial charge is 0.497 e. The van der Waals surface area contributed by atoms with Crippen molar-refractivity contribution in [2.24, 2.45) is 0 Å². The third kappa shape index (κ3) is 3.69. The van der Waals surface area contributed by atoms with Gasteiger partial charge in [0, 0.05) is 38.2 Å². The number of hydrogen-bond donors (Lipinski definition) is 1. The van der Waals surface area contributed by atoms with Gasteiger partial charge in [-0.1, -0.05) is 6.07 Å². The molecule has 1 N–H and O–H groups in total. The van der Waals surface area contributed by atoms with Crippen molar-refractivity contribution in [2.75, 3.05) is 32.6 Å². The molecule has 3 heterocycles. The van der Waals surface area contributed by atoms with Crippen LogP contribution in [-0.4, -0.2) is 58.8 Å². The summed E-state index contributed by atoms with van der Waals surface area (Å²) in [5.41, 5.74) is 2.52. The second-order valence-electron chi connectivity index (χ2n) is 7.68. The molecule has 8 nitrogen and oxygen atoms in total. The van der Waals surface area contributed by atoms with Crippen molar-refractivity contribution < 1.29 is 14.3 Å². The van der Waals surface area contributed by atoms with Gasteiger partial charge in [-0.05, 0) is 37.5 Å². The summed E-state index contributed by atoms with van der Waals surface area (Å²) < 4.78 is 5.27. The number of amides is 2. The molecule has 1 aromatic carbocycles. The molecule has 1 atom stereocenters. The van der Waals surface area contributed by atoms with E-state index in [9.17, 15) is 9.59 Å². The van der Waals surface area contributed by atoms with Crippen LogP contribution in [0.25, 0.3) is 0 Å². The molecule has 2 amide bonds. The minimum Gasteiger partial charge on any atom is -0.497 e. The molecule has 2 aliphatic heterocycles. The molecule has 0 aliphatic carbocycles. The number of carbonyl (C=O) groups excluding carboxylic acids is 2. The molecule has 0 unspecified atom stereocenters. The van der Waals surface area contributed by atoms with Crippen LogP contribution in [-0.2, 0) is 17.8 Å². The smallest absolute Gasteiger partial charge is 0.254 e. The van der Waals surface area contributed by atoms with Crippen LogP contribution in [0.1, 0.15) is 53.2 Å². The van der Waals surface area contributed by atoms with E-state index in [1.54, 1.807) is 31.1 Å². The molecule has 0 saturated carbocycles. The molecule has 4 rings (SSSR count). The fourth-order valence-corrected chi connectivity index (χ4v) is 4.27. The Hall–Kier alpha value is -3.16. The number of rotatable bonds is 4. The Morgan fingerprint density at radius 1 is 1.23 bits per heavy atom. The summed E-state index contributed by atoms with van der Waals surface area (Å²) in [6, 6.07) is 7.02. The number of nitrogens with one attached hydrogen (secondary N) is 1. The summed E-state index contributed by atoms with van der Waals surface area (Å²) >= 11 is 0. The van der Waals surface area contributed by atoms with Crippen LogP contribution in [0, 0.1) is 0 Å². The van der Waals surface area contributed by atoms with Gasteiger partial charge in [0.1, 0.15) is 11.6 Å². The molecule has 0 spiro atoms. The van der Waals surface area contributed by atoms with E-state index in [1.165, 1.54) is 0 Å². The highest BCUT2D eigenvalue weighted by molar-refractivity contribution is 5.95. The Bertz CT molecular complexity index is 977. The molecule has 1 fully saturated rings. The highest BCUT2D eigenvalue weighted by Gasteiger charge is 2.34. The first-order valence-electron chi connectivity index (χ1n) is 10.3. The average molecular weight is 409 g/mol. The van der Waals surface area contributed by atoms with Crippen LogP contribution in [0.15, 0.2) is 24.3 Å². The SMILES string of the molecule is CNc1nc([C@H]2CCCN2C(=O)c2cccc(OC)c2)nc2c1CCN(C(C)=O)C2. The Morgan fingerprint density at radius 3 is 2.80 bits per heavy atom. The minimum atomic E-state index is -0.186. The second-order valence-corrected chi connectivity index (χ2v) is 7.68. The molecule has 0 bridgehead atoms. The van der Waals surface area contributed by atoms with Crippen molar-refractivity contribution in [3.05, 3.63) is 46.9 Å². The number of nitrogens with zero attached hydrogens (tertiary/aromatic N) is 4. The maximum absolute atomic E-state index is 13.2. The van der Waals surface area contributed by atoms with Crippen LogP contribution < -0.4 is 10.1 Å². The Balaban J connectivity index is 1.66. The van der Waals surface area contributed by atoms with Gasteiger partial charge in [-0.3, -0.25) is 9.59 Å². The molecule has 8 heteroatoms. The fraction of sp³-hybridized carbons (Fsp3) is 0.455. The average Bonchev–Trinajstić information content (AvgIpc) is 3.27. The van der Waals surface area contributed by atoms with Crippen LogP contribution in [0.5, 0.6) is 5.75 Å². The zero-order chi connectivity index (χ0) is 21.3. The molecular weight excluding hydrogens is 382 g/mol. The van der Waals surface area contributed by atoms with Crippen molar-refractivity contribution in [2.45, 2.75) is 38.8 Å². The van der Waals surface area contributed by atoms with Crippen LogP contribution in [0.3, 0.4) is 0 Å². The van der Waals surface area contributed by atoms with E-state index in [-0.39, 0.29) is 17.9 Å². The number of fused-ring (bicyclic) bond motifs is 1. The van der Waals surface area contributed by atoms with Crippen molar-refractivity contribution in [3.8, 4) is 5.75 Å². The summed E-state index contributed by atoms with van der Waals surface area (Å²) in [7, 11) is 3.43. The van der Waals surface area contributed by atoms with Crippen molar-refractivity contribution in [3.63, 3.8) is 0 Å². The van der Waals surface area contributed by atoms with Gasteiger partial charge in [-0.2, -0.15) is 0 Å². The Labute approximate surface area is 176 Å². The van der Waals surface area contributed by atoms with Gasteiger partial charge in [0.2, 0.25) is 5.91 Å². The number of likely N-dealkylation sites (tertiary alicyclic amines) is 1. The van der Waals surface area contributed by atoms with Crippen molar-refractivity contribution in [1.29, 1.82) is 0 Å². The summed E-state index contributed by atoms with van der Waals surface area (Å²) in [6.07, 6.45) is 2.44. The van der Waals surface area contributed by atoms with Gasteiger partial charge in [0.05, 0.1) is 25.4 Å². The first kappa shape index (κ1) is 20.1. The predicted molar refractivity (Wildman–Crippen MR) is 112 cm³/mol. The topological polar surface area (TPSA) is 87.7 Å². The van der Waals surface area contributed by atoms with E-state index >= 15 is 0 Å². The molecule has 158 valence electrons. The monoisotopic (exact) mass is 409 g/mol. The zero-order valence-electron chi connectivity index (χ0n) is 17.6. The first-order valence-corrected chi connectivity index (χ1v) is 10.3. The molecule has 0 radical (unpaired) electrons. The summed E-state index contributed by atoms with van der Waals surface area (Å²) in [6.45, 7) is 3.39. The molecular formula is C22H27N5O3. The number of aromatic nitrogens is 2. The van der Waals surface area contributed by atoms with Crippen LogP contribution in [0.4, 0.5) is 5.82 Å². The van der Waals surface area contributed by atoms with Gasteiger partial charge in [-0.25, -0.2) is 9.97 Å². The second kappa shape index (κ2) is 8.30. The number of anilines is 1. The number of hydrogen-bond acceptors (Lipinski definition) is 6. The Kier molecular flexibility index (Phi) is 5.57. The number of benzene rings is 1. The lowest BCUT2D eigenvalue weighted by atomic mass is 10.0. The lowest BCUT2D eigenvalue weighted by molar-refractivity contribution is -0.129. The van der Waals surface area contributed by atoms with E-state index in [4.69, 9.17) is 14.7 Å². The lowest BCUT2D eigenvalue weighted by Crippen LogP contribution is -2.36. The quantitative estimate of drug-likeness (QED) is 0.834. The van der Waals surface area contributed by atoms with Gasteiger partial charge >= 0.3 is 0 Å². The van der Waals surface area contributed by atoms with Gasteiger partial charge in [0.25, 0.3) is 5.91 Å². The van der Waals surface area contributed by atoms with Gasteiger partial charge in [0.15, 0.2) is 5.82 Å². The highest BCUT2D eigenvalue weighted by atomic mass is 16.5. The maximum Gasteiger partial charge on any atom is 0.254 e. The summed E-state index contributed by atoms with van der Waals surface area (Å²) in [5, 5.41) is 3.18. The molecule has 1 saturated heterocycles.